The highest BCUT2D eigenvalue weighted by Gasteiger charge is 2.08. The molecule has 1 rings (SSSR count). The van der Waals surface area contributed by atoms with E-state index in [1.165, 1.54) is 24.0 Å². The van der Waals surface area contributed by atoms with Gasteiger partial charge in [0.25, 0.3) is 0 Å². The van der Waals surface area contributed by atoms with Gasteiger partial charge in [0.1, 0.15) is 0 Å². The van der Waals surface area contributed by atoms with Gasteiger partial charge in [-0.15, -0.1) is 0 Å². The first-order valence-electron chi connectivity index (χ1n) is 6.60. The van der Waals surface area contributed by atoms with Crippen LogP contribution in [0.15, 0.2) is 24.3 Å². The molecule has 0 nitrogen and oxygen atoms in total. The lowest BCUT2D eigenvalue weighted by atomic mass is 9.90. The molecular formula is C16H26. The van der Waals surface area contributed by atoms with Crippen LogP contribution in [0.1, 0.15) is 70.4 Å². The van der Waals surface area contributed by atoms with Crippen LogP contribution in [0, 0.1) is 5.92 Å². The van der Waals surface area contributed by atoms with E-state index >= 15 is 0 Å². The van der Waals surface area contributed by atoms with Crippen molar-refractivity contribution in [3.63, 3.8) is 0 Å². The molecule has 0 heteroatoms. The van der Waals surface area contributed by atoms with E-state index in [2.05, 4.69) is 58.9 Å². The third-order valence-electron chi connectivity index (χ3n) is 3.32. The van der Waals surface area contributed by atoms with E-state index in [1.807, 2.05) is 0 Å². The molecule has 0 bridgehead atoms. The quantitative estimate of drug-likeness (QED) is 0.625. The molecule has 0 radical (unpaired) electrons. The fourth-order valence-corrected chi connectivity index (χ4v) is 1.97. The zero-order chi connectivity index (χ0) is 12.1. The fraction of sp³-hybridized carbons (Fsp3) is 0.625. The number of rotatable bonds is 5. The largest absolute Gasteiger partial charge is 0.0628 e. The molecule has 0 aliphatic rings. The van der Waals surface area contributed by atoms with Gasteiger partial charge in [0.15, 0.2) is 0 Å². The topological polar surface area (TPSA) is 0 Å². The van der Waals surface area contributed by atoms with Gasteiger partial charge in [0.05, 0.1) is 0 Å². The molecular weight excluding hydrogens is 192 g/mol. The molecule has 16 heavy (non-hydrogen) atoms. The lowest BCUT2D eigenvalue weighted by molar-refractivity contribution is 0.516. The van der Waals surface area contributed by atoms with Gasteiger partial charge in [0.2, 0.25) is 0 Å². The molecule has 90 valence electrons. The van der Waals surface area contributed by atoms with Crippen LogP contribution >= 0.6 is 0 Å². The van der Waals surface area contributed by atoms with Crippen LogP contribution in [0.3, 0.4) is 0 Å². The van der Waals surface area contributed by atoms with E-state index in [0.717, 1.165) is 5.92 Å². The van der Waals surface area contributed by atoms with Gasteiger partial charge in [-0.2, -0.15) is 0 Å². The van der Waals surface area contributed by atoms with Crippen LogP contribution in [0.4, 0.5) is 0 Å². The molecule has 0 saturated heterocycles. The highest BCUT2D eigenvalue weighted by Crippen LogP contribution is 2.25. The van der Waals surface area contributed by atoms with Gasteiger partial charge < -0.3 is 0 Å². The Labute approximate surface area is 101 Å². The van der Waals surface area contributed by atoms with Crippen LogP contribution in [0.5, 0.6) is 0 Å². The molecule has 0 aromatic heterocycles. The summed E-state index contributed by atoms with van der Waals surface area (Å²) in [4.78, 5) is 0. The van der Waals surface area contributed by atoms with Crippen molar-refractivity contribution < 1.29 is 0 Å². The highest BCUT2D eigenvalue weighted by atomic mass is 14.1. The molecule has 1 aromatic carbocycles. The molecule has 0 heterocycles. The van der Waals surface area contributed by atoms with Crippen LogP contribution in [-0.4, -0.2) is 0 Å². The summed E-state index contributed by atoms with van der Waals surface area (Å²) in [7, 11) is 0. The Balaban J connectivity index is 2.68. The maximum Gasteiger partial charge on any atom is -0.0190 e. The van der Waals surface area contributed by atoms with Crippen molar-refractivity contribution in [2.24, 2.45) is 5.92 Å². The number of hydrogen-bond acceptors (Lipinski definition) is 0. The zero-order valence-electron chi connectivity index (χ0n) is 11.5. The van der Waals surface area contributed by atoms with Crippen LogP contribution < -0.4 is 0 Å². The zero-order valence-corrected chi connectivity index (χ0v) is 11.5. The predicted octanol–water partition coefficient (Wildman–Crippen LogP) is 5.35. The average Bonchev–Trinajstić information content (AvgIpc) is 2.26. The average molecular weight is 218 g/mol. The summed E-state index contributed by atoms with van der Waals surface area (Å²) < 4.78 is 0. The third-order valence-corrected chi connectivity index (χ3v) is 3.32. The summed E-state index contributed by atoms with van der Waals surface area (Å²) in [6, 6.07) is 9.10. The second kappa shape index (κ2) is 6.08. The van der Waals surface area contributed by atoms with Crippen LogP contribution in [0.25, 0.3) is 0 Å². The van der Waals surface area contributed by atoms with Gasteiger partial charge in [-0.3, -0.25) is 0 Å². The predicted molar refractivity (Wildman–Crippen MR) is 73.0 cm³/mol. The smallest absolute Gasteiger partial charge is 0.0190 e. The Kier molecular flexibility index (Phi) is 5.05. The van der Waals surface area contributed by atoms with Crippen molar-refractivity contribution in [3.05, 3.63) is 35.4 Å². The molecule has 0 aliphatic carbocycles. The summed E-state index contributed by atoms with van der Waals surface area (Å²) in [5.41, 5.74) is 2.97. The molecule has 0 spiro atoms. The standard InChI is InChI=1S/C16H26/c1-12(2)9-10-14(5)16-8-6-7-15(11-16)13(3)4/h6-8,11-14H,9-10H2,1-5H3. The third kappa shape index (κ3) is 4.00. The molecule has 0 fully saturated rings. The molecule has 1 unspecified atom stereocenters. The van der Waals surface area contributed by atoms with Crippen molar-refractivity contribution in [1.29, 1.82) is 0 Å². The summed E-state index contributed by atoms with van der Waals surface area (Å²) in [5.74, 6) is 2.15. The summed E-state index contributed by atoms with van der Waals surface area (Å²) in [6.45, 7) is 11.5. The monoisotopic (exact) mass is 218 g/mol. The maximum atomic E-state index is 2.38. The van der Waals surface area contributed by atoms with Crippen molar-refractivity contribution in [1.82, 2.24) is 0 Å². The number of benzene rings is 1. The van der Waals surface area contributed by atoms with Gasteiger partial charge >= 0.3 is 0 Å². The summed E-state index contributed by atoms with van der Waals surface area (Å²) in [6.07, 6.45) is 2.63. The van der Waals surface area contributed by atoms with Crippen molar-refractivity contribution in [3.8, 4) is 0 Å². The molecule has 1 aromatic rings. The van der Waals surface area contributed by atoms with Gasteiger partial charge in [-0.25, -0.2) is 0 Å². The van der Waals surface area contributed by atoms with Crippen molar-refractivity contribution in [2.45, 2.75) is 59.3 Å². The van der Waals surface area contributed by atoms with Gasteiger partial charge in [-0.1, -0.05) is 65.3 Å². The van der Waals surface area contributed by atoms with Crippen LogP contribution in [0.2, 0.25) is 0 Å². The van der Waals surface area contributed by atoms with Crippen molar-refractivity contribution in [2.75, 3.05) is 0 Å². The summed E-state index contributed by atoms with van der Waals surface area (Å²) >= 11 is 0. The Morgan fingerprint density at radius 3 is 2.06 bits per heavy atom. The fourth-order valence-electron chi connectivity index (χ4n) is 1.97. The minimum atomic E-state index is 0.636. The van der Waals surface area contributed by atoms with E-state index in [0.29, 0.717) is 11.8 Å². The first-order valence-corrected chi connectivity index (χ1v) is 6.60. The molecule has 0 aliphatic heterocycles. The van der Waals surface area contributed by atoms with E-state index in [9.17, 15) is 0 Å². The first kappa shape index (κ1) is 13.3. The first-order chi connectivity index (χ1) is 7.50. The number of hydrogen-bond donors (Lipinski definition) is 0. The second-order valence-electron chi connectivity index (χ2n) is 5.70. The Bertz CT molecular complexity index is 310. The molecule has 0 amide bonds. The SMILES string of the molecule is CC(C)CCC(C)c1cccc(C(C)C)c1. The normalized spacial score (nSPS) is 13.4. The molecule has 0 saturated carbocycles. The van der Waals surface area contributed by atoms with E-state index < -0.39 is 0 Å². The minimum absolute atomic E-state index is 0.636. The molecule has 0 N–H and O–H groups in total. The summed E-state index contributed by atoms with van der Waals surface area (Å²) in [5, 5.41) is 0. The van der Waals surface area contributed by atoms with E-state index in [-0.39, 0.29) is 0 Å². The van der Waals surface area contributed by atoms with E-state index in [4.69, 9.17) is 0 Å². The maximum absolute atomic E-state index is 2.38. The molecule has 1 atom stereocenters. The Morgan fingerprint density at radius 2 is 1.50 bits per heavy atom. The Morgan fingerprint density at radius 1 is 0.875 bits per heavy atom. The second-order valence-corrected chi connectivity index (χ2v) is 5.70. The lowest BCUT2D eigenvalue weighted by Crippen LogP contribution is -1.98. The van der Waals surface area contributed by atoms with Crippen LogP contribution in [-0.2, 0) is 0 Å². The van der Waals surface area contributed by atoms with Crippen molar-refractivity contribution >= 4 is 0 Å². The Hall–Kier alpha value is -0.780. The van der Waals surface area contributed by atoms with Gasteiger partial charge in [-0.05, 0) is 35.3 Å². The van der Waals surface area contributed by atoms with Gasteiger partial charge in [0, 0.05) is 0 Å². The minimum Gasteiger partial charge on any atom is -0.0628 e. The highest BCUT2D eigenvalue weighted by molar-refractivity contribution is 5.27. The van der Waals surface area contributed by atoms with E-state index in [1.54, 1.807) is 0 Å². The lowest BCUT2D eigenvalue weighted by Gasteiger charge is -2.15.